The van der Waals surface area contributed by atoms with Gasteiger partial charge in [0, 0.05) is 0 Å². The summed E-state index contributed by atoms with van der Waals surface area (Å²) in [6, 6.07) is 0. The van der Waals surface area contributed by atoms with Gasteiger partial charge in [0.1, 0.15) is 0 Å². The van der Waals surface area contributed by atoms with Crippen molar-refractivity contribution in [2.75, 3.05) is 0 Å². The number of nitrogens with zero attached hydrogens (tertiary/aromatic N) is 2. The van der Waals surface area contributed by atoms with Gasteiger partial charge in [-0.25, -0.2) is 0 Å². The van der Waals surface area contributed by atoms with Gasteiger partial charge < -0.3 is 10.8 Å². The largest absolute Gasteiger partial charge is 2.00 e. The van der Waals surface area contributed by atoms with Crippen molar-refractivity contribution in [3.63, 3.8) is 0 Å². The third-order valence-electron chi connectivity index (χ3n) is 0. The van der Waals surface area contributed by atoms with E-state index in [1.807, 2.05) is 0 Å². The maximum atomic E-state index is 7.13. The molecule has 0 amide bonds. The van der Waals surface area contributed by atoms with Crippen molar-refractivity contribution in [3.8, 4) is 0 Å². The summed E-state index contributed by atoms with van der Waals surface area (Å²) in [6.07, 6.45) is 0. The van der Waals surface area contributed by atoms with Gasteiger partial charge in [-0.3, -0.25) is 0 Å². The van der Waals surface area contributed by atoms with E-state index in [4.69, 9.17) is 10.8 Å². The molecule has 0 radical (unpaired) electrons. The van der Waals surface area contributed by atoms with Gasteiger partial charge in [0.25, 0.3) is 0 Å². The molecule has 0 saturated carbocycles. The second-order valence-electron chi connectivity index (χ2n) is 0.183. The Hall–Kier alpha value is 0.223. The maximum Gasteiger partial charge on any atom is 2.00 e. The fourth-order valence-electron chi connectivity index (χ4n) is 0. The van der Waals surface area contributed by atoms with Crippen LogP contribution in [0.1, 0.15) is 0 Å². The van der Waals surface area contributed by atoms with Gasteiger partial charge in [-0.2, -0.15) is 10.3 Å². The SMILES string of the molecule is [N-]=C=S.[N-]=C=S.[Ru+2]. The van der Waals surface area contributed by atoms with Crippen LogP contribution in [0.3, 0.4) is 0 Å². The molecule has 0 rings (SSSR count). The van der Waals surface area contributed by atoms with Gasteiger partial charge in [-0.1, -0.05) is 24.4 Å². The van der Waals surface area contributed by atoms with Crippen LogP contribution in [0.4, 0.5) is 0 Å². The molecule has 0 aromatic heterocycles. The molecule has 0 heterocycles. The van der Waals surface area contributed by atoms with Crippen LogP contribution in [0, 0.1) is 0 Å². The van der Waals surface area contributed by atoms with Crippen LogP contribution in [0.5, 0.6) is 0 Å². The molecule has 0 aliphatic rings. The summed E-state index contributed by atoms with van der Waals surface area (Å²) in [5.74, 6) is 0. The molecule has 0 spiro atoms. The molecular weight excluding hydrogens is 217 g/mol. The molecular formula is C2N2RuS2. The van der Waals surface area contributed by atoms with E-state index in [2.05, 4.69) is 24.4 Å². The first-order valence-corrected chi connectivity index (χ1v) is 1.67. The van der Waals surface area contributed by atoms with E-state index in [0.717, 1.165) is 0 Å². The molecule has 0 aromatic carbocycles. The van der Waals surface area contributed by atoms with Crippen molar-refractivity contribution in [2.24, 2.45) is 0 Å². The second-order valence-corrected chi connectivity index (χ2v) is 0.548. The first-order chi connectivity index (χ1) is 2.83. The van der Waals surface area contributed by atoms with Crippen LogP contribution >= 0.6 is 24.4 Å². The van der Waals surface area contributed by atoms with Gasteiger partial charge in [0.15, 0.2) is 0 Å². The molecule has 38 valence electrons. The van der Waals surface area contributed by atoms with Crippen molar-refractivity contribution in [2.45, 2.75) is 0 Å². The van der Waals surface area contributed by atoms with Crippen molar-refractivity contribution >= 4 is 34.8 Å². The summed E-state index contributed by atoms with van der Waals surface area (Å²) in [7, 11) is 0. The molecule has 0 saturated heterocycles. The van der Waals surface area contributed by atoms with Crippen LogP contribution in [-0.4, -0.2) is 10.3 Å². The summed E-state index contributed by atoms with van der Waals surface area (Å²) < 4.78 is 0. The molecule has 0 bridgehead atoms. The molecule has 0 N–H and O–H groups in total. The van der Waals surface area contributed by atoms with Crippen LogP contribution in [0.2, 0.25) is 0 Å². The Labute approximate surface area is 65.1 Å². The monoisotopic (exact) mass is 218 g/mol. The third kappa shape index (κ3) is 2220. The molecule has 7 heavy (non-hydrogen) atoms. The molecule has 0 fully saturated rings. The minimum absolute atomic E-state index is 0. The fourth-order valence-corrected chi connectivity index (χ4v) is 0. The Morgan fingerprint density at radius 2 is 1.00 bits per heavy atom. The minimum atomic E-state index is 0. The van der Waals surface area contributed by atoms with Crippen molar-refractivity contribution < 1.29 is 19.5 Å². The zero-order valence-electron chi connectivity index (χ0n) is 3.06. The summed E-state index contributed by atoms with van der Waals surface area (Å²) in [6.45, 7) is 0. The standard InChI is InChI=1S/2CNS.Ru/c2*2-1-3;/q2*-1;+2. The van der Waals surface area contributed by atoms with Gasteiger partial charge in [0.05, 0.1) is 0 Å². The van der Waals surface area contributed by atoms with E-state index in [9.17, 15) is 0 Å². The summed E-state index contributed by atoms with van der Waals surface area (Å²) >= 11 is 7.40. The maximum absolute atomic E-state index is 7.13. The van der Waals surface area contributed by atoms with E-state index >= 15 is 0 Å². The van der Waals surface area contributed by atoms with Gasteiger partial charge in [-0.15, -0.1) is 0 Å². The number of hydrogen-bond donors (Lipinski definition) is 0. The molecule has 0 aromatic rings. The minimum Gasteiger partial charge on any atom is -0.753 e. The van der Waals surface area contributed by atoms with Crippen molar-refractivity contribution in [1.29, 1.82) is 0 Å². The molecule has 0 aliphatic heterocycles. The molecule has 5 heteroatoms. The number of thiocarbonyl (C=S) groups is 2. The first kappa shape index (κ1) is 15.7. The number of hydrogen-bond acceptors (Lipinski definition) is 2. The Morgan fingerprint density at radius 1 is 1.00 bits per heavy atom. The average Bonchev–Trinajstić information content (AvgIpc) is 1.39. The predicted octanol–water partition coefficient (Wildman–Crippen LogP) is 1.31. The summed E-state index contributed by atoms with van der Waals surface area (Å²) in [5, 5.41) is 16.9. The topological polar surface area (TPSA) is 44.6 Å². The Morgan fingerprint density at radius 3 is 1.00 bits per heavy atom. The second kappa shape index (κ2) is 34.3. The Balaban J connectivity index is -0.0000000400. The molecule has 2 nitrogen and oxygen atoms in total. The Kier molecular flexibility index (Phi) is 77.0. The molecule has 0 aliphatic carbocycles. The molecule has 0 atom stereocenters. The van der Waals surface area contributed by atoms with E-state index in [1.165, 1.54) is 10.3 Å². The number of rotatable bonds is 0. The van der Waals surface area contributed by atoms with Crippen LogP contribution < -0.4 is 0 Å². The fraction of sp³-hybridized carbons (Fsp3) is 0. The van der Waals surface area contributed by atoms with Crippen molar-refractivity contribution in [3.05, 3.63) is 10.8 Å². The predicted molar refractivity (Wildman–Crippen MR) is 31.9 cm³/mol. The first-order valence-electron chi connectivity index (χ1n) is 0.855. The summed E-state index contributed by atoms with van der Waals surface area (Å²) in [4.78, 5) is 0. The van der Waals surface area contributed by atoms with E-state index in [-0.39, 0.29) is 19.5 Å². The zero-order chi connectivity index (χ0) is 5.41. The normalized spacial score (nSPS) is 2.29. The average molecular weight is 217 g/mol. The van der Waals surface area contributed by atoms with E-state index < -0.39 is 0 Å². The van der Waals surface area contributed by atoms with Crippen LogP contribution in [0.15, 0.2) is 0 Å². The smallest absolute Gasteiger partial charge is 0.753 e. The Bertz CT molecular complexity index is 67.7. The van der Waals surface area contributed by atoms with Crippen LogP contribution in [-0.2, 0) is 19.5 Å². The van der Waals surface area contributed by atoms with Gasteiger partial charge in [0.2, 0.25) is 0 Å². The van der Waals surface area contributed by atoms with Crippen LogP contribution in [0.25, 0.3) is 10.8 Å². The third-order valence-corrected chi connectivity index (χ3v) is 0. The quantitative estimate of drug-likeness (QED) is 0.349. The molecule has 0 unspecified atom stereocenters. The van der Waals surface area contributed by atoms with Crippen molar-refractivity contribution in [1.82, 2.24) is 0 Å². The zero-order valence-corrected chi connectivity index (χ0v) is 6.44. The van der Waals surface area contributed by atoms with E-state index in [1.54, 1.807) is 0 Å². The van der Waals surface area contributed by atoms with E-state index in [0.29, 0.717) is 0 Å². The van der Waals surface area contributed by atoms with Gasteiger partial charge in [-0.05, 0) is 0 Å². The summed E-state index contributed by atoms with van der Waals surface area (Å²) in [5.41, 5.74) is 0. The van der Waals surface area contributed by atoms with Gasteiger partial charge >= 0.3 is 19.5 Å². The number of isothiocyanates is 2.